The topological polar surface area (TPSA) is 64.1 Å². The van der Waals surface area contributed by atoms with E-state index in [1.165, 1.54) is 0 Å². The highest BCUT2D eigenvalue weighted by Crippen LogP contribution is 1.85. The molecule has 0 aliphatic rings. The standard InChI is InChI=1S/C8H7FN2O3/c1-2-3-14-5-11-4-6(9)7(12)10-8(11)13/h1,4H,3,5H2,(H,10,12,13). The second kappa shape index (κ2) is 4.39. The third kappa shape index (κ3) is 2.31. The Morgan fingerprint density at radius 3 is 3.00 bits per heavy atom. The highest BCUT2D eigenvalue weighted by atomic mass is 19.1. The molecule has 1 rings (SSSR count). The van der Waals surface area contributed by atoms with Gasteiger partial charge in [-0.1, -0.05) is 5.92 Å². The summed E-state index contributed by atoms with van der Waals surface area (Å²) in [6, 6.07) is 0. The van der Waals surface area contributed by atoms with Gasteiger partial charge < -0.3 is 4.74 Å². The largest absolute Gasteiger partial charge is 0.348 e. The average Bonchev–Trinajstić information content (AvgIpc) is 2.14. The molecule has 0 unspecified atom stereocenters. The number of ether oxygens (including phenoxy) is 1. The van der Waals surface area contributed by atoms with E-state index in [0.29, 0.717) is 0 Å². The van der Waals surface area contributed by atoms with Gasteiger partial charge in [-0.2, -0.15) is 4.39 Å². The fourth-order valence-corrected chi connectivity index (χ4v) is 0.782. The quantitative estimate of drug-likeness (QED) is 0.515. The summed E-state index contributed by atoms with van der Waals surface area (Å²) in [5, 5.41) is 0. The van der Waals surface area contributed by atoms with Crippen LogP contribution in [0.2, 0.25) is 0 Å². The Morgan fingerprint density at radius 2 is 2.36 bits per heavy atom. The van der Waals surface area contributed by atoms with Gasteiger partial charge >= 0.3 is 5.69 Å². The van der Waals surface area contributed by atoms with Gasteiger partial charge in [0, 0.05) is 0 Å². The van der Waals surface area contributed by atoms with Crippen molar-refractivity contribution in [3.8, 4) is 12.3 Å². The average molecular weight is 198 g/mol. The summed E-state index contributed by atoms with van der Waals surface area (Å²) in [6.07, 6.45) is 5.65. The minimum atomic E-state index is -1.05. The molecule has 74 valence electrons. The number of nitrogens with one attached hydrogen (secondary N) is 1. The van der Waals surface area contributed by atoms with Gasteiger partial charge in [-0.25, -0.2) is 4.79 Å². The lowest BCUT2D eigenvalue weighted by Crippen LogP contribution is -2.31. The summed E-state index contributed by atoms with van der Waals surface area (Å²) in [6.45, 7) is -0.191. The predicted octanol–water partition coefficient (Wildman–Crippen LogP) is -0.717. The normalized spacial score (nSPS) is 9.71. The molecule has 1 aromatic rings. The van der Waals surface area contributed by atoms with Gasteiger partial charge in [-0.15, -0.1) is 6.42 Å². The van der Waals surface area contributed by atoms with E-state index >= 15 is 0 Å². The number of H-pyrrole nitrogens is 1. The van der Waals surface area contributed by atoms with Gasteiger partial charge in [0.15, 0.2) is 0 Å². The van der Waals surface area contributed by atoms with Crippen molar-refractivity contribution in [1.29, 1.82) is 0 Å². The minimum Gasteiger partial charge on any atom is -0.348 e. The summed E-state index contributed by atoms with van der Waals surface area (Å²) in [4.78, 5) is 23.4. The van der Waals surface area contributed by atoms with E-state index in [1.54, 1.807) is 4.98 Å². The molecular weight excluding hydrogens is 191 g/mol. The first-order valence-corrected chi connectivity index (χ1v) is 3.65. The number of nitrogens with zero attached hydrogens (tertiary/aromatic N) is 1. The minimum absolute atomic E-state index is 0.00713. The number of hydrogen-bond acceptors (Lipinski definition) is 3. The van der Waals surface area contributed by atoms with E-state index in [4.69, 9.17) is 11.2 Å². The molecular formula is C8H7FN2O3. The van der Waals surface area contributed by atoms with Crippen LogP contribution in [0, 0.1) is 18.2 Å². The molecule has 0 radical (unpaired) electrons. The number of rotatable bonds is 3. The zero-order chi connectivity index (χ0) is 10.6. The Hall–Kier alpha value is -1.87. The molecule has 0 atom stereocenters. The molecule has 0 aromatic carbocycles. The smallest absolute Gasteiger partial charge is 0.330 e. The number of hydrogen-bond donors (Lipinski definition) is 1. The van der Waals surface area contributed by atoms with Crippen molar-refractivity contribution in [2.24, 2.45) is 0 Å². The monoisotopic (exact) mass is 198 g/mol. The zero-order valence-electron chi connectivity index (χ0n) is 7.12. The zero-order valence-corrected chi connectivity index (χ0v) is 7.12. The van der Waals surface area contributed by atoms with E-state index < -0.39 is 17.1 Å². The van der Waals surface area contributed by atoms with Crippen molar-refractivity contribution < 1.29 is 9.13 Å². The molecule has 1 heterocycles. The third-order valence-corrected chi connectivity index (χ3v) is 1.38. The van der Waals surface area contributed by atoms with Crippen molar-refractivity contribution in [1.82, 2.24) is 9.55 Å². The molecule has 0 aliphatic carbocycles. The fourth-order valence-electron chi connectivity index (χ4n) is 0.782. The molecule has 0 bridgehead atoms. The Balaban J connectivity index is 2.89. The Labute approximate surface area is 78.1 Å². The molecule has 0 aliphatic heterocycles. The maximum Gasteiger partial charge on any atom is 0.330 e. The molecule has 6 heteroatoms. The maximum atomic E-state index is 12.7. The van der Waals surface area contributed by atoms with E-state index in [2.05, 4.69) is 5.92 Å². The van der Waals surface area contributed by atoms with Gasteiger partial charge in [-0.05, 0) is 0 Å². The number of aromatic nitrogens is 2. The molecule has 1 N–H and O–H groups in total. The Kier molecular flexibility index (Phi) is 3.20. The lowest BCUT2D eigenvalue weighted by Gasteiger charge is -2.03. The van der Waals surface area contributed by atoms with Crippen molar-refractivity contribution in [3.05, 3.63) is 32.9 Å². The van der Waals surface area contributed by atoms with Crippen LogP contribution in [0.3, 0.4) is 0 Å². The summed E-state index contributed by atoms with van der Waals surface area (Å²) in [7, 11) is 0. The predicted molar refractivity (Wildman–Crippen MR) is 46.1 cm³/mol. The SMILES string of the molecule is C#CCOCn1cc(F)c(=O)[nH]c1=O. The number of aromatic amines is 1. The van der Waals surface area contributed by atoms with Crippen molar-refractivity contribution in [3.63, 3.8) is 0 Å². The van der Waals surface area contributed by atoms with Gasteiger partial charge in [0.2, 0.25) is 5.82 Å². The van der Waals surface area contributed by atoms with Crippen LogP contribution >= 0.6 is 0 Å². The van der Waals surface area contributed by atoms with Crippen LogP contribution < -0.4 is 11.2 Å². The number of terminal acetylenes is 1. The lowest BCUT2D eigenvalue weighted by molar-refractivity contribution is 0.0994. The Bertz CT molecular complexity index is 469. The highest BCUT2D eigenvalue weighted by molar-refractivity contribution is 4.87. The second-order valence-electron chi connectivity index (χ2n) is 2.39. The Morgan fingerprint density at radius 1 is 1.64 bits per heavy atom. The molecule has 0 spiro atoms. The van der Waals surface area contributed by atoms with Gasteiger partial charge in [-0.3, -0.25) is 14.3 Å². The summed E-state index contributed by atoms with van der Waals surface area (Å²) >= 11 is 0. The van der Waals surface area contributed by atoms with Crippen LogP contribution in [0.1, 0.15) is 0 Å². The fraction of sp³-hybridized carbons (Fsp3) is 0.250. The third-order valence-electron chi connectivity index (χ3n) is 1.38. The molecule has 0 fully saturated rings. The lowest BCUT2D eigenvalue weighted by atomic mass is 10.6. The van der Waals surface area contributed by atoms with Crippen LogP contribution in [0.15, 0.2) is 15.8 Å². The van der Waals surface area contributed by atoms with Gasteiger partial charge in [0.1, 0.15) is 13.3 Å². The first kappa shape index (κ1) is 10.2. The van der Waals surface area contributed by atoms with Crippen LogP contribution in [-0.2, 0) is 11.5 Å². The first-order chi connectivity index (χ1) is 6.65. The van der Waals surface area contributed by atoms with E-state index in [-0.39, 0.29) is 13.3 Å². The molecule has 1 aromatic heterocycles. The first-order valence-electron chi connectivity index (χ1n) is 3.65. The summed E-state index contributed by atoms with van der Waals surface area (Å²) in [5.41, 5.74) is -1.79. The van der Waals surface area contributed by atoms with Crippen LogP contribution in [-0.4, -0.2) is 16.2 Å². The van der Waals surface area contributed by atoms with Crippen LogP contribution in [0.25, 0.3) is 0 Å². The second-order valence-corrected chi connectivity index (χ2v) is 2.39. The van der Waals surface area contributed by atoms with Crippen molar-refractivity contribution >= 4 is 0 Å². The van der Waals surface area contributed by atoms with Crippen LogP contribution in [0.5, 0.6) is 0 Å². The van der Waals surface area contributed by atoms with Gasteiger partial charge in [0.05, 0.1) is 6.20 Å². The molecule has 0 amide bonds. The summed E-state index contributed by atoms with van der Waals surface area (Å²) < 4.78 is 18.3. The number of halogens is 1. The molecule has 5 nitrogen and oxygen atoms in total. The van der Waals surface area contributed by atoms with Crippen LogP contribution in [0.4, 0.5) is 4.39 Å². The van der Waals surface area contributed by atoms with E-state index in [0.717, 1.165) is 10.8 Å². The maximum absolute atomic E-state index is 12.7. The van der Waals surface area contributed by atoms with Crippen molar-refractivity contribution in [2.45, 2.75) is 6.73 Å². The van der Waals surface area contributed by atoms with E-state index in [1.807, 2.05) is 0 Å². The van der Waals surface area contributed by atoms with E-state index in [9.17, 15) is 14.0 Å². The molecule has 0 saturated heterocycles. The summed E-state index contributed by atoms with van der Waals surface area (Å²) in [5.74, 6) is 1.13. The molecule has 14 heavy (non-hydrogen) atoms. The van der Waals surface area contributed by atoms with Gasteiger partial charge in [0.25, 0.3) is 5.56 Å². The van der Waals surface area contributed by atoms with Crippen molar-refractivity contribution in [2.75, 3.05) is 6.61 Å². The highest BCUT2D eigenvalue weighted by Gasteiger charge is 2.02. The molecule has 0 saturated carbocycles.